The zero-order valence-electron chi connectivity index (χ0n) is 11.7. The molecule has 20 heavy (non-hydrogen) atoms. The van der Waals surface area contributed by atoms with Crippen LogP contribution in [-0.4, -0.2) is 18.5 Å². The number of benzene rings is 1. The van der Waals surface area contributed by atoms with Crippen molar-refractivity contribution in [2.24, 2.45) is 5.92 Å². The average Bonchev–Trinajstić information content (AvgIpc) is 2.42. The van der Waals surface area contributed by atoms with Crippen LogP contribution < -0.4 is 10.6 Å². The summed E-state index contributed by atoms with van der Waals surface area (Å²) >= 11 is 11.9. The average molecular weight is 315 g/mol. The van der Waals surface area contributed by atoms with Crippen molar-refractivity contribution in [2.45, 2.75) is 38.8 Å². The zero-order valence-corrected chi connectivity index (χ0v) is 13.3. The van der Waals surface area contributed by atoms with Gasteiger partial charge in [0.2, 0.25) is 5.91 Å². The molecule has 2 N–H and O–H groups in total. The number of nitrogens with one attached hydrogen (secondary N) is 2. The fourth-order valence-corrected chi connectivity index (χ4v) is 2.88. The highest BCUT2D eigenvalue weighted by Crippen LogP contribution is 2.26. The lowest BCUT2D eigenvalue weighted by atomic mass is 9.92. The Bertz CT molecular complexity index is 493. The second-order valence-corrected chi connectivity index (χ2v) is 6.27. The summed E-state index contributed by atoms with van der Waals surface area (Å²) in [6.45, 7) is 4.97. The summed E-state index contributed by atoms with van der Waals surface area (Å²) in [5.41, 5.74) is 0.955. The smallest absolute Gasteiger partial charge is 0.237 e. The summed E-state index contributed by atoms with van der Waals surface area (Å²) in [5, 5.41) is 7.36. The normalized spacial score (nSPS) is 24.2. The van der Waals surface area contributed by atoms with Crippen molar-refractivity contribution in [3.05, 3.63) is 33.8 Å². The molecule has 110 valence electrons. The predicted octanol–water partition coefficient (Wildman–Crippen LogP) is 3.56. The highest BCUT2D eigenvalue weighted by Gasteiger charge is 2.28. The van der Waals surface area contributed by atoms with Crippen LogP contribution in [0.1, 0.15) is 38.3 Å². The molecule has 0 spiro atoms. The van der Waals surface area contributed by atoms with Crippen LogP contribution in [0.25, 0.3) is 0 Å². The first kappa shape index (κ1) is 15.6. The highest BCUT2D eigenvalue weighted by molar-refractivity contribution is 6.42. The number of carbonyl (C=O) groups excluding carboxylic acids is 1. The van der Waals surface area contributed by atoms with Crippen molar-refractivity contribution >= 4 is 29.1 Å². The number of halogens is 2. The van der Waals surface area contributed by atoms with Gasteiger partial charge in [-0.1, -0.05) is 36.2 Å². The van der Waals surface area contributed by atoms with Crippen molar-refractivity contribution in [3.63, 3.8) is 0 Å². The summed E-state index contributed by atoms with van der Waals surface area (Å²) in [6, 6.07) is 5.24. The van der Waals surface area contributed by atoms with E-state index in [9.17, 15) is 4.79 Å². The summed E-state index contributed by atoms with van der Waals surface area (Å²) in [4.78, 5) is 12.3. The minimum Gasteiger partial charge on any atom is -0.348 e. The van der Waals surface area contributed by atoms with Gasteiger partial charge in [0, 0.05) is 0 Å². The maximum atomic E-state index is 12.3. The molecule has 1 aromatic rings. The summed E-state index contributed by atoms with van der Waals surface area (Å²) in [5.74, 6) is 0.417. The monoisotopic (exact) mass is 314 g/mol. The molecule has 1 fully saturated rings. The van der Waals surface area contributed by atoms with Crippen LogP contribution in [0.2, 0.25) is 10.0 Å². The highest BCUT2D eigenvalue weighted by atomic mass is 35.5. The molecule has 1 saturated heterocycles. The van der Waals surface area contributed by atoms with E-state index < -0.39 is 0 Å². The van der Waals surface area contributed by atoms with Gasteiger partial charge in [-0.2, -0.15) is 0 Å². The Labute approximate surface area is 130 Å². The first-order chi connectivity index (χ1) is 9.49. The fraction of sp³-hybridized carbons (Fsp3) is 0.533. The van der Waals surface area contributed by atoms with E-state index >= 15 is 0 Å². The molecular formula is C15H20Cl2N2O. The molecule has 0 aromatic heterocycles. The topological polar surface area (TPSA) is 41.1 Å². The molecule has 2 rings (SSSR count). The number of carbonyl (C=O) groups is 1. The van der Waals surface area contributed by atoms with Gasteiger partial charge in [-0.15, -0.1) is 0 Å². The lowest BCUT2D eigenvalue weighted by Gasteiger charge is -2.30. The van der Waals surface area contributed by atoms with Gasteiger partial charge in [0.1, 0.15) is 0 Å². The molecule has 1 heterocycles. The fourth-order valence-electron chi connectivity index (χ4n) is 2.57. The maximum Gasteiger partial charge on any atom is 0.237 e. The van der Waals surface area contributed by atoms with Gasteiger partial charge in [-0.3, -0.25) is 4.79 Å². The van der Waals surface area contributed by atoms with Gasteiger partial charge in [-0.05, 0) is 49.9 Å². The summed E-state index contributed by atoms with van der Waals surface area (Å²) in [6.07, 6.45) is 2.22. The molecular weight excluding hydrogens is 295 g/mol. The van der Waals surface area contributed by atoms with Crippen molar-refractivity contribution in [2.75, 3.05) is 6.54 Å². The molecule has 3 atom stereocenters. The lowest BCUT2D eigenvalue weighted by molar-refractivity contribution is -0.125. The minimum absolute atomic E-state index is 0.0516. The van der Waals surface area contributed by atoms with Gasteiger partial charge in [0.25, 0.3) is 0 Å². The van der Waals surface area contributed by atoms with Crippen LogP contribution in [0.3, 0.4) is 0 Å². The number of piperidine rings is 1. The molecule has 0 aliphatic carbocycles. The van der Waals surface area contributed by atoms with Gasteiger partial charge in [0.15, 0.2) is 0 Å². The standard InChI is InChI=1S/C15H20Cl2N2O/c1-9-4-3-7-18-14(9)15(20)19-10(2)11-5-6-12(16)13(17)8-11/h5-6,8-10,14,18H,3-4,7H2,1-2H3,(H,19,20). The second-order valence-electron chi connectivity index (χ2n) is 5.46. The van der Waals surface area contributed by atoms with Crippen LogP contribution in [0.15, 0.2) is 18.2 Å². The van der Waals surface area contributed by atoms with Gasteiger partial charge in [-0.25, -0.2) is 0 Å². The second kappa shape index (κ2) is 6.79. The van der Waals surface area contributed by atoms with E-state index in [2.05, 4.69) is 17.6 Å². The van der Waals surface area contributed by atoms with E-state index in [4.69, 9.17) is 23.2 Å². The minimum atomic E-state index is -0.103. The largest absolute Gasteiger partial charge is 0.348 e. The van der Waals surface area contributed by atoms with Crippen LogP contribution in [0, 0.1) is 5.92 Å². The number of hydrogen-bond acceptors (Lipinski definition) is 2. The van der Waals surface area contributed by atoms with E-state index in [1.54, 1.807) is 12.1 Å². The molecule has 0 radical (unpaired) electrons. The first-order valence-corrected chi connectivity index (χ1v) is 7.73. The Hall–Kier alpha value is -0.770. The van der Waals surface area contributed by atoms with E-state index in [0.29, 0.717) is 16.0 Å². The Morgan fingerprint density at radius 1 is 1.40 bits per heavy atom. The number of hydrogen-bond donors (Lipinski definition) is 2. The molecule has 0 saturated carbocycles. The third-order valence-corrected chi connectivity index (χ3v) is 4.59. The van der Waals surface area contributed by atoms with Gasteiger partial charge < -0.3 is 10.6 Å². The van der Waals surface area contributed by atoms with E-state index in [1.165, 1.54) is 0 Å². The Kier molecular flexibility index (Phi) is 5.30. The van der Waals surface area contributed by atoms with E-state index in [1.807, 2.05) is 13.0 Å². The summed E-state index contributed by atoms with van der Waals surface area (Å²) in [7, 11) is 0. The third-order valence-electron chi connectivity index (χ3n) is 3.85. The molecule has 1 amide bonds. The first-order valence-electron chi connectivity index (χ1n) is 6.97. The summed E-state index contributed by atoms with van der Waals surface area (Å²) < 4.78 is 0. The van der Waals surface area contributed by atoms with Gasteiger partial charge >= 0.3 is 0 Å². The van der Waals surface area contributed by atoms with Crippen LogP contribution in [0.4, 0.5) is 0 Å². The van der Waals surface area contributed by atoms with Crippen LogP contribution >= 0.6 is 23.2 Å². The van der Waals surface area contributed by atoms with Crippen molar-refractivity contribution in [1.82, 2.24) is 10.6 Å². The quantitative estimate of drug-likeness (QED) is 0.895. The number of rotatable bonds is 3. The molecule has 1 aliphatic rings. The zero-order chi connectivity index (χ0) is 14.7. The van der Waals surface area contributed by atoms with E-state index in [-0.39, 0.29) is 18.0 Å². The van der Waals surface area contributed by atoms with Crippen LogP contribution in [-0.2, 0) is 4.79 Å². The molecule has 3 unspecified atom stereocenters. The van der Waals surface area contributed by atoms with Crippen molar-refractivity contribution in [1.29, 1.82) is 0 Å². The van der Waals surface area contributed by atoms with Gasteiger partial charge in [0.05, 0.1) is 22.1 Å². The predicted molar refractivity (Wildman–Crippen MR) is 83.2 cm³/mol. The molecule has 1 aliphatic heterocycles. The Balaban J connectivity index is 2.01. The molecule has 5 heteroatoms. The van der Waals surface area contributed by atoms with Crippen molar-refractivity contribution < 1.29 is 4.79 Å². The molecule has 1 aromatic carbocycles. The SMILES string of the molecule is CC(NC(=O)C1NCCCC1C)c1ccc(Cl)c(Cl)c1. The Morgan fingerprint density at radius 2 is 2.15 bits per heavy atom. The molecule has 0 bridgehead atoms. The maximum absolute atomic E-state index is 12.3. The van der Waals surface area contributed by atoms with Crippen molar-refractivity contribution in [3.8, 4) is 0 Å². The van der Waals surface area contributed by atoms with E-state index in [0.717, 1.165) is 24.9 Å². The lowest BCUT2D eigenvalue weighted by Crippen LogP contribution is -2.51. The third kappa shape index (κ3) is 3.66. The van der Waals surface area contributed by atoms with Crippen LogP contribution in [0.5, 0.6) is 0 Å². The Morgan fingerprint density at radius 3 is 2.80 bits per heavy atom. The number of amides is 1. The molecule has 3 nitrogen and oxygen atoms in total.